The van der Waals surface area contributed by atoms with Gasteiger partial charge in [0.25, 0.3) is 0 Å². The number of ketones is 1. The lowest BCUT2D eigenvalue weighted by Gasteiger charge is -2.18. The molecule has 0 fully saturated rings. The molecule has 3 aromatic carbocycles. The first-order valence-corrected chi connectivity index (χ1v) is 10.3. The summed E-state index contributed by atoms with van der Waals surface area (Å²) < 4.78 is 0. The van der Waals surface area contributed by atoms with Gasteiger partial charge in [0.15, 0.2) is 0 Å². The van der Waals surface area contributed by atoms with Crippen molar-refractivity contribution in [3.8, 4) is 11.1 Å². The van der Waals surface area contributed by atoms with Gasteiger partial charge in [-0.3, -0.25) is 4.79 Å². The third kappa shape index (κ3) is 4.42. The first-order chi connectivity index (χ1) is 13.5. The molecule has 0 aliphatic heterocycles. The highest BCUT2D eigenvalue weighted by molar-refractivity contribution is 5.87. The van der Waals surface area contributed by atoms with Crippen LogP contribution in [0.2, 0.25) is 0 Å². The Balaban J connectivity index is 1.93. The van der Waals surface area contributed by atoms with Gasteiger partial charge in [0.1, 0.15) is 5.78 Å². The number of aryl methyl sites for hydroxylation is 3. The zero-order valence-electron chi connectivity index (χ0n) is 17.5. The van der Waals surface area contributed by atoms with Crippen LogP contribution in [0.15, 0.2) is 66.7 Å². The Bertz CT molecular complexity index is 933. The van der Waals surface area contributed by atoms with Crippen molar-refractivity contribution in [2.24, 2.45) is 0 Å². The summed E-state index contributed by atoms with van der Waals surface area (Å²) in [5, 5.41) is 0. The number of hydrogen-bond donors (Lipinski definition) is 0. The smallest absolute Gasteiger partial charge is 0.141 e. The topological polar surface area (TPSA) is 17.1 Å². The molecule has 0 N–H and O–H groups in total. The number of carbonyl (C=O) groups excluding carboxylic acids is 1. The molecular weight excluding hydrogens is 340 g/mol. The van der Waals surface area contributed by atoms with Crippen LogP contribution in [0.25, 0.3) is 11.1 Å². The second kappa shape index (κ2) is 9.01. The Morgan fingerprint density at radius 3 is 1.96 bits per heavy atom. The average Bonchev–Trinajstić information content (AvgIpc) is 2.70. The van der Waals surface area contributed by atoms with Crippen LogP contribution in [-0.2, 0) is 17.6 Å². The highest BCUT2D eigenvalue weighted by atomic mass is 16.1. The molecule has 0 aliphatic rings. The standard InChI is InChI=1S/C27H30O/c1-5-7-22-10-14-24(15-11-22)27(20(4)28)25-16-17-26(19(3)18-25)23-12-8-21(6-2)9-13-23/h8-18,27H,5-7H2,1-4H3. The van der Waals surface area contributed by atoms with Crippen LogP contribution in [0.5, 0.6) is 0 Å². The van der Waals surface area contributed by atoms with Crippen LogP contribution >= 0.6 is 0 Å². The van der Waals surface area contributed by atoms with Crippen molar-refractivity contribution in [3.05, 3.63) is 94.5 Å². The van der Waals surface area contributed by atoms with E-state index in [0.717, 1.165) is 30.4 Å². The average molecular weight is 371 g/mol. The highest BCUT2D eigenvalue weighted by Gasteiger charge is 2.20. The van der Waals surface area contributed by atoms with E-state index in [9.17, 15) is 4.79 Å². The Morgan fingerprint density at radius 1 is 0.821 bits per heavy atom. The normalized spacial score (nSPS) is 12.0. The molecule has 1 heteroatoms. The lowest BCUT2D eigenvalue weighted by atomic mass is 9.85. The third-order valence-corrected chi connectivity index (χ3v) is 5.52. The van der Waals surface area contributed by atoms with Crippen LogP contribution < -0.4 is 0 Å². The molecule has 1 nitrogen and oxygen atoms in total. The molecule has 28 heavy (non-hydrogen) atoms. The van der Waals surface area contributed by atoms with Gasteiger partial charge in [-0.25, -0.2) is 0 Å². The second-order valence-electron chi connectivity index (χ2n) is 7.66. The van der Waals surface area contributed by atoms with Crippen molar-refractivity contribution >= 4 is 5.78 Å². The van der Waals surface area contributed by atoms with E-state index in [1.807, 2.05) is 0 Å². The van der Waals surface area contributed by atoms with Crippen molar-refractivity contribution in [1.82, 2.24) is 0 Å². The zero-order chi connectivity index (χ0) is 20.1. The summed E-state index contributed by atoms with van der Waals surface area (Å²) in [7, 11) is 0. The summed E-state index contributed by atoms with van der Waals surface area (Å²) in [6.07, 6.45) is 3.26. The second-order valence-corrected chi connectivity index (χ2v) is 7.66. The van der Waals surface area contributed by atoms with Crippen LogP contribution in [0.1, 0.15) is 60.9 Å². The predicted octanol–water partition coefficient (Wildman–Crippen LogP) is 6.90. The molecule has 0 aliphatic carbocycles. The number of carbonyl (C=O) groups is 1. The summed E-state index contributed by atoms with van der Waals surface area (Å²) in [5.41, 5.74) is 8.48. The molecule has 3 rings (SSSR count). The molecule has 0 saturated carbocycles. The van der Waals surface area contributed by atoms with Gasteiger partial charge < -0.3 is 0 Å². The van der Waals surface area contributed by atoms with Gasteiger partial charge in [-0.2, -0.15) is 0 Å². The molecule has 1 unspecified atom stereocenters. The van der Waals surface area contributed by atoms with Gasteiger partial charge in [-0.15, -0.1) is 0 Å². The van der Waals surface area contributed by atoms with Crippen LogP contribution in [-0.4, -0.2) is 5.78 Å². The van der Waals surface area contributed by atoms with Gasteiger partial charge in [0, 0.05) is 0 Å². The van der Waals surface area contributed by atoms with Gasteiger partial charge in [0.2, 0.25) is 0 Å². The first-order valence-electron chi connectivity index (χ1n) is 10.3. The molecule has 1 atom stereocenters. The largest absolute Gasteiger partial charge is 0.299 e. The molecule has 0 heterocycles. The summed E-state index contributed by atoms with van der Waals surface area (Å²) in [6.45, 7) is 8.18. The van der Waals surface area contributed by atoms with Crippen LogP contribution in [0.4, 0.5) is 0 Å². The van der Waals surface area contributed by atoms with Crippen molar-refractivity contribution < 1.29 is 4.79 Å². The predicted molar refractivity (Wildman–Crippen MR) is 119 cm³/mol. The third-order valence-electron chi connectivity index (χ3n) is 5.52. The maximum atomic E-state index is 12.5. The molecule has 3 aromatic rings. The first kappa shape index (κ1) is 20.1. The van der Waals surface area contributed by atoms with Crippen molar-refractivity contribution in [1.29, 1.82) is 0 Å². The highest BCUT2D eigenvalue weighted by Crippen LogP contribution is 2.31. The molecule has 0 aromatic heterocycles. The van der Waals surface area contributed by atoms with Gasteiger partial charge >= 0.3 is 0 Å². The lowest BCUT2D eigenvalue weighted by molar-refractivity contribution is -0.117. The van der Waals surface area contributed by atoms with E-state index in [2.05, 4.69) is 87.5 Å². The molecule has 0 amide bonds. The minimum atomic E-state index is -0.203. The number of hydrogen-bond acceptors (Lipinski definition) is 1. The van der Waals surface area contributed by atoms with E-state index in [1.54, 1.807) is 6.92 Å². The maximum Gasteiger partial charge on any atom is 0.141 e. The molecule has 144 valence electrons. The SMILES string of the molecule is CCCc1ccc(C(C(C)=O)c2ccc(-c3ccc(CC)cc3)c(C)c2)cc1. The lowest BCUT2D eigenvalue weighted by Crippen LogP contribution is -2.11. The molecule has 0 spiro atoms. The van der Waals surface area contributed by atoms with E-state index in [0.29, 0.717) is 0 Å². The fraction of sp³-hybridized carbons (Fsp3) is 0.296. The molecule has 0 radical (unpaired) electrons. The monoisotopic (exact) mass is 370 g/mol. The molecular formula is C27H30O. The molecule has 0 bridgehead atoms. The summed E-state index contributed by atoms with van der Waals surface area (Å²) in [6, 6.07) is 23.8. The molecule has 0 saturated heterocycles. The van der Waals surface area contributed by atoms with Crippen molar-refractivity contribution in [2.75, 3.05) is 0 Å². The van der Waals surface area contributed by atoms with Crippen LogP contribution in [0, 0.1) is 6.92 Å². The van der Waals surface area contributed by atoms with Crippen molar-refractivity contribution in [2.45, 2.75) is 52.9 Å². The van der Waals surface area contributed by atoms with E-state index >= 15 is 0 Å². The fourth-order valence-corrected chi connectivity index (χ4v) is 3.94. The van der Waals surface area contributed by atoms with Gasteiger partial charge in [0.05, 0.1) is 5.92 Å². The van der Waals surface area contributed by atoms with Crippen molar-refractivity contribution in [3.63, 3.8) is 0 Å². The number of Topliss-reactive ketones (excluding diaryl/α,β-unsaturated/α-hetero) is 1. The van der Waals surface area contributed by atoms with E-state index in [1.165, 1.54) is 27.8 Å². The Morgan fingerprint density at radius 2 is 1.43 bits per heavy atom. The zero-order valence-corrected chi connectivity index (χ0v) is 17.5. The van der Waals surface area contributed by atoms with E-state index in [-0.39, 0.29) is 11.7 Å². The summed E-state index contributed by atoms with van der Waals surface area (Å²) >= 11 is 0. The fourth-order valence-electron chi connectivity index (χ4n) is 3.94. The Hall–Kier alpha value is -2.67. The van der Waals surface area contributed by atoms with Crippen LogP contribution in [0.3, 0.4) is 0 Å². The van der Waals surface area contributed by atoms with Gasteiger partial charge in [-0.05, 0) is 65.6 Å². The van der Waals surface area contributed by atoms with E-state index < -0.39 is 0 Å². The number of rotatable bonds is 7. The maximum absolute atomic E-state index is 12.5. The Kier molecular flexibility index (Phi) is 6.46. The summed E-state index contributed by atoms with van der Waals surface area (Å²) in [4.78, 5) is 12.5. The number of benzene rings is 3. The minimum absolute atomic E-state index is 0.183. The van der Waals surface area contributed by atoms with E-state index in [4.69, 9.17) is 0 Å². The quantitative estimate of drug-likeness (QED) is 0.442. The Labute approximate surface area is 169 Å². The summed E-state index contributed by atoms with van der Waals surface area (Å²) in [5.74, 6) is -0.0198. The minimum Gasteiger partial charge on any atom is -0.299 e. The van der Waals surface area contributed by atoms with Gasteiger partial charge in [-0.1, -0.05) is 87.0 Å².